The smallest absolute Gasteiger partial charge is 0.0175 e. The van der Waals surface area contributed by atoms with E-state index in [9.17, 15) is 0 Å². The van der Waals surface area contributed by atoms with Gasteiger partial charge in [-0.15, -0.1) is 12.4 Å². The van der Waals surface area contributed by atoms with Gasteiger partial charge in [0, 0.05) is 16.4 Å². The van der Waals surface area contributed by atoms with E-state index in [1.54, 1.807) is 0 Å². The highest BCUT2D eigenvalue weighted by molar-refractivity contribution is 9.10. The summed E-state index contributed by atoms with van der Waals surface area (Å²) in [6.07, 6.45) is 5.16. The van der Waals surface area contributed by atoms with Gasteiger partial charge in [0.15, 0.2) is 0 Å². The first-order chi connectivity index (χ1) is 6.77. The Morgan fingerprint density at radius 3 is 2.13 bits per heavy atom. The van der Waals surface area contributed by atoms with E-state index in [0.717, 1.165) is 11.0 Å². The van der Waals surface area contributed by atoms with Crippen LogP contribution in [-0.4, -0.2) is 6.54 Å². The maximum Gasteiger partial charge on any atom is 0.0175 e. The van der Waals surface area contributed by atoms with Gasteiger partial charge >= 0.3 is 0 Å². The third-order valence-corrected chi connectivity index (χ3v) is 3.94. The summed E-state index contributed by atoms with van der Waals surface area (Å²) in [6.45, 7) is 0.786. The lowest BCUT2D eigenvalue weighted by molar-refractivity contribution is 0.453. The number of nitrogens with two attached hydrogens (primary N) is 1. The SMILES string of the molecule is Cl.NCC1(c2ccc(Br)cc2)CCCC1. The molecule has 1 aliphatic rings. The molecule has 1 aliphatic carbocycles. The molecule has 0 bridgehead atoms. The highest BCUT2D eigenvalue weighted by atomic mass is 79.9. The van der Waals surface area contributed by atoms with Crippen molar-refractivity contribution in [1.29, 1.82) is 0 Å². The number of rotatable bonds is 2. The van der Waals surface area contributed by atoms with Crippen molar-refractivity contribution in [2.24, 2.45) is 5.73 Å². The molecule has 1 aromatic rings. The Morgan fingerprint density at radius 1 is 1.13 bits per heavy atom. The van der Waals surface area contributed by atoms with Gasteiger partial charge in [-0.2, -0.15) is 0 Å². The Balaban J connectivity index is 0.00000112. The van der Waals surface area contributed by atoms with E-state index in [1.165, 1.54) is 31.2 Å². The monoisotopic (exact) mass is 289 g/mol. The topological polar surface area (TPSA) is 26.0 Å². The molecule has 0 unspecified atom stereocenters. The maximum atomic E-state index is 5.93. The number of hydrogen-bond acceptors (Lipinski definition) is 1. The average molecular weight is 291 g/mol. The molecule has 1 nitrogen and oxygen atoms in total. The molecule has 1 fully saturated rings. The maximum absolute atomic E-state index is 5.93. The van der Waals surface area contributed by atoms with Gasteiger partial charge in [0.25, 0.3) is 0 Å². The van der Waals surface area contributed by atoms with Crippen LogP contribution in [-0.2, 0) is 5.41 Å². The van der Waals surface area contributed by atoms with Crippen molar-refractivity contribution in [3.63, 3.8) is 0 Å². The van der Waals surface area contributed by atoms with Gasteiger partial charge in [0.05, 0.1) is 0 Å². The largest absolute Gasteiger partial charge is 0.330 e. The minimum absolute atomic E-state index is 0. The molecule has 0 aromatic heterocycles. The van der Waals surface area contributed by atoms with Crippen molar-refractivity contribution >= 4 is 28.3 Å². The molecule has 0 aliphatic heterocycles. The molecular weight excluding hydrogens is 273 g/mol. The standard InChI is InChI=1S/C12H16BrN.ClH/c13-11-5-3-10(4-6-11)12(9-14)7-1-2-8-12;/h3-6H,1-2,7-9,14H2;1H. The second kappa shape index (κ2) is 5.33. The fourth-order valence-electron chi connectivity index (χ4n) is 2.47. The third-order valence-electron chi connectivity index (χ3n) is 3.41. The van der Waals surface area contributed by atoms with E-state index in [1.807, 2.05) is 0 Å². The van der Waals surface area contributed by atoms with Crippen molar-refractivity contribution in [1.82, 2.24) is 0 Å². The van der Waals surface area contributed by atoms with E-state index in [4.69, 9.17) is 5.73 Å². The zero-order chi connectivity index (χ0) is 10.0. The minimum Gasteiger partial charge on any atom is -0.330 e. The molecule has 84 valence electrons. The lowest BCUT2D eigenvalue weighted by Crippen LogP contribution is -2.31. The number of hydrogen-bond donors (Lipinski definition) is 1. The Morgan fingerprint density at radius 2 is 1.67 bits per heavy atom. The highest BCUT2D eigenvalue weighted by Gasteiger charge is 2.33. The van der Waals surface area contributed by atoms with Crippen LogP contribution in [0, 0.1) is 0 Å². The Labute approximate surface area is 106 Å². The summed E-state index contributed by atoms with van der Waals surface area (Å²) in [5, 5.41) is 0. The summed E-state index contributed by atoms with van der Waals surface area (Å²) in [4.78, 5) is 0. The van der Waals surface area contributed by atoms with E-state index >= 15 is 0 Å². The summed E-state index contributed by atoms with van der Waals surface area (Å²) < 4.78 is 1.14. The van der Waals surface area contributed by atoms with Crippen LogP contribution in [0.1, 0.15) is 31.2 Å². The second-order valence-electron chi connectivity index (χ2n) is 4.20. The Bertz CT molecular complexity index is 304. The van der Waals surface area contributed by atoms with Crippen LogP contribution in [0.25, 0.3) is 0 Å². The van der Waals surface area contributed by atoms with Crippen molar-refractivity contribution in [3.05, 3.63) is 34.3 Å². The van der Waals surface area contributed by atoms with Crippen LogP contribution in [0.5, 0.6) is 0 Å². The van der Waals surface area contributed by atoms with Crippen LogP contribution in [0.15, 0.2) is 28.7 Å². The second-order valence-corrected chi connectivity index (χ2v) is 5.11. The van der Waals surface area contributed by atoms with Gasteiger partial charge in [-0.05, 0) is 30.5 Å². The van der Waals surface area contributed by atoms with Crippen LogP contribution < -0.4 is 5.73 Å². The zero-order valence-corrected chi connectivity index (χ0v) is 11.1. The summed E-state index contributed by atoms with van der Waals surface area (Å²) in [7, 11) is 0. The summed E-state index contributed by atoms with van der Waals surface area (Å²) in [5.74, 6) is 0. The van der Waals surface area contributed by atoms with E-state index in [0.29, 0.717) is 0 Å². The van der Waals surface area contributed by atoms with Gasteiger partial charge in [-0.25, -0.2) is 0 Å². The van der Waals surface area contributed by atoms with Crippen LogP contribution in [0.3, 0.4) is 0 Å². The molecule has 0 amide bonds. The van der Waals surface area contributed by atoms with Gasteiger partial charge in [-0.1, -0.05) is 40.9 Å². The lowest BCUT2D eigenvalue weighted by Gasteiger charge is -2.27. The molecule has 15 heavy (non-hydrogen) atoms. The predicted molar refractivity (Wildman–Crippen MR) is 70.6 cm³/mol. The molecule has 3 heteroatoms. The van der Waals surface area contributed by atoms with Crippen LogP contribution in [0.2, 0.25) is 0 Å². The van der Waals surface area contributed by atoms with Gasteiger partial charge in [0.1, 0.15) is 0 Å². The van der Waals surface area contributed by atoms with E-state index in [2.05, 4.69) is 40.2 Å². The third kappa shape index (κ3) is 2.55. The molecule has 1 saturated carbocycles. The first-order valence-corrected chi connectivity index (χ1v) is 6.02. The number of halogens is 2. The first kappa shape index (κ1) is 13.0. The predicted octanol–water partition coefficient (Wildman–Crippen LogP) is 3.64. The van der Waals surface area contributed by atoms with Gasteiger partial charge < -0.3 is 5.73 Å². The summed E-state index contributed by atoms with van der Waals surface area (Å²) >= 11 is 3.46. The lowest BCUT2D eigenvalue weighted by atomic mass is 9.79. The van der Waals surface area contributed by atoms with Crippen LogP contribution in [0.4, 0.5) is 0 Å². The van der Waals surface area contributed by atoms with E-state index < -0.39 is 0 Å². The normalized spacial score (nSPS) is 18.5. The zero-order valence-electron chi connectivity index (χ0n) is 8.71. The number of benzene rings is 1. The molecule has 0 radical (unpaired) electrons. The minimum atomic E-state index is 0. The average Bonchev–Trinajstić information content (AvgIpc) is 2.68. The molecule has 0 heterocycles. The Kier molecular flexibility index (Phi) is 4.63. The van der Waals surface area contributed by atoms with Crippen molar-refractivity contribution in [2.45, 2.75) is 31.1 Å². The summed E-state index contributed by atoms with van der Waals surface area (Å²) in [5.41, 5.74) is 7.62. The van der Waals surface area contributed by atoms with Crippen molar-refractivity contribution in [3.8, 4) is 0 Å². The molecule has 1 aromatic carbocycles. The van der Waals surface area contributed by atoms with Crippen LogP contribution >= 0.6 is 28.3 Å². The van der Waals surface area contributed by atoms with E-state index in [-0.39, 0.29) is 17.8 Å². The highest BCUT2D eigenvalue weighted by Crippen LogP contribution is 2.40. The molecule has 0 spiro atoms. The molecule has 0 atom stereocenters. The van der Waals surface area contributed by atoms with Crippen molar-refractivity contribution in [2.75, 3.05) is 6.54 Å². The van der Waals surface area contributed by atoms with Crippen molar-refractivity contribution < 1.29 is 0 Å². The molecule has 2 N–H and O–H groups in total. The Hall–Kier alpha value is -0.0500. The first-order valence-electron chi connectivity index (χ1n) is 5.23. The molecular formula is C12H17BrClN. The fraction of sp³-hybridized carbons (Fsp3) is 0.500. The van der Waals surface area contributed by atoms with Gasteiger partial charge in [0.2, 0.25) is 0 Å². The fourth-order valence-corrected chi connectivity index (χ4v) is 2.73. The summed E-state index contributed by atoms with van der Waals surface area (Å²) in [6, 6.07) is 8.65. The van der Waals surface area contributed by atoms with Gasteiger partial charge in [-0.3, -0.25) is 0 Å². The molecule has 2 rings (SSSR count). The molecule has 0 saturated heterocycles. The quantitative estimate of drug-likeness (QED) is 0.884.